The molecular formula is C25H29NO5. The fourth-order valence-corrected chi connectivity index (χ4v) is 4.08. The number of hydrogen-bond acceptors (Lipinski definition) is 5. The highest BCUT2D eigenvalue weighted by Crippen LogP contribution is 2.42. The van der Waals surface area contributed by atoms with Crippen LogP contribution in [-0.4, -0.2) is 34.6 Å². The number of carbonyl (C=O) groups excluding carboxylic acids is 2. The largest absolute Gasteiger partial charge is 0.515 e. The van der Waals surface area contributed by atoms with Gasteiger partial charge >= 0.3 is 0 Å². The van der Waals surface area contributed by atoms with Crippen molar-refractivity contribution in [3.05, 3.63) is 65.4 Å². The lowest BCUT2D eigenvalue weighted by atomic mass is 9.87. The number of carbonyl (C=O) groups is 2. The van der Waals surface area contributed by atoms with Gasteiger partial charge in [0.05, 0.1) is 35.2 Å². The van der Waals surface area contributed by atoms with Crippen LogP contribution in [0.5, 0.6) is 11.5 Å². The molecule has 2 atom stereocenters. The number of amides is 1. The molecule has 0 bridgehead atoms. The Bertz CT molecular complexity index is 954. The Balaban J connectivity index is 1.78. The lowest BCUT2D eigenvalue weighted by molar-refractivity contribution is -0.107. The Kier molecular flexibility index (Phi) is 7.34. The van der Waals surface area contributed by atoms with Gasteiger partial charge in [-0.15, -0.1) is 0 Å². The predicted octanol–water partition coefficient (Wildman–Crippen LogP) is 4.95. The van der Waals surface area contributed by atoms with E-state index in [0.29, 0.717) is 24.3 Å². The van der Waals surface area contributed by atoms with Gasteiger partial charge in [0.2, 0.25) is 6.41 Å². The number of ketones is 1. The molecule has 3 rings (SSSR count). The molecule has 1 aliphatic heterocycles. The van der Waals surface area contributed by atoms with Gasteiger partial charge in [0, 0.05) is 12.1 Å². The third-order valence-corrected chi connectivity index (χ3v) is 5.60. The number of nitrogens with zero attached hydrogens (tertiary/aromatic N) is 1. The fraction of sp³-hybridized carbons (Fsp3) is 0.360. The van der Waals surface area contributed by atoms with E-state index in [-0.39, 0.29) is 23.0 Å². The zero-order valence-corrected chi connectivity index (χ0v) is 18.0. The van der Waals surface area contributed by atoms with Crippen LogP contribution in [0.2, 0.25) is 0 Å². The maximum absolute atomic E-state index is 12.9. The van der Waals surface area contributed by atoms with E-state index in [9.17, 15) is 19.8 Å². The molecule has 0 spiro atoms. The summed E-state index contributed by atoms with van der Waals surface area (Å²) in [4.78, 5) is 26.1. The molecule has 1 heterocycles. The SMILES string of the molecule is CCCC1C(=CO)C(=O)c2c(O)cc(OC(C)CCCc3ccccc3)cc2N1C=O. The molecule has 2 N–H and O–H groups in total. The summed E-state index contributed by atoms with van der Waals surface area (Å²) in [7, 11) is 0. The highest BCUT2D eigenvalue weighted by atomic mass is 16.5. The maximum atomic E-state index is 12.9. The monoisotopic (exact) mass is 423 g/mol. The van der Waals surface area contributed by atoms with Crippen molar-refractivity contribution in [2.45, 2.75) is 58.1 Å². The first-order chi connectivity index (χ1) is 15.0. The number of aromatic hydroxyl groups is 1. The van der Waals surface area contributed by atoms with Gasteiger partial charge in [0.25, 0.3) is 0 Å². The molecule has 31 heavy (non-hydrogen) atoms. The lowest BCUT2D eigenvalue weighted by Gasteiger charge is -2.35. The molecule has 2 unspecified atom stereocenters. The second-order valence-electron chi connectivity index (χ2n) is 7.87. The molecule has 6 nitrogen and oxygen atoms in total. The van der Waals surface area contributed by atoms with Crippen LogP contribution in [-0.2, 0) is 11.2 Å². The molecule has 1 amide bonds. The van der Waals surface area contributed by atoms with E-state index in [0.717, 1.165) is 31.9 Å². The zero-order valence-electron chi connectivity index (χ0n) is 18.0. The standard InChI is InChI=1S/C25H29NO5/c1-3-8-21-20(15-27)25(30)24-22(26(21)16-28)13-19(14-23(24)29)31-17(2)9-7-12-18-10-5-4-6-11-18/h4-6,10-11,13-17,21,27,29H,3,7-9,12H2,1-2H3. The molecular weight excluding hydrogens is 394 g/mol. The third kappa shape index (κ3) is 4.90. The van der Waals surface area contributed by atoms with Gasteiger partial charge in [-0.05, 0) is 38.2 Å². The molecule has 0 aliphatic carbocycles. The molecule has 2 aromatic carbocycles. The molecule has 1 aliphatic rings. The highest BCUT2D eigenvalue weighted by molar-refractivity contribution is 6.18. The molecule has 0 aromatic heterocycles. The molecule has 0 fully saturated rings. The number of aliphatic hydroxyl groups excluding tert-OH is 1. The number of hydrogen-bond donors (Lipinski definition) is 2. The highest BCUT2D eigenvalue weighted by Gasteiger charge is 2.38. The van der Waals surface area contributed by atoms with Crippen molar-refractivity contribution in [1.29, 1.82) is 0 Å². The van der Waals surface area contributed by atoms with Crippen LogP contribution < -0.4 is 9.64 Å². The van der Waals surface area contributed by atoms with Crippen molar-refractivity contribution in [2.75, 3.05) is 4.90 Å². The summed E-state index contributed by atoms with van der Waals surface area (Å²) in [5.41, 5.74) is 1.68. The topological polar surface area (TPSA) is 87.1 Å². The van der Waals surface area contributed by atoms with E-state index in [1.807, 2.05) is 32.0 Å². The van der Waals surface area contributed by atoms with Gasteiger partial charge < -0.3 is 19.8 Å². The van der Waals surface area contributed by atoms with Crippen LogP contribution in [0.25, 0.3) is 0 Å². The third-order valence-electron chi connectivity index (χ3n) is 5.60. The molecule has 0 radical (unpaired) electrons. The normalized spacial score (nSPS) is 18.0. The van der Waals surface area contributed by atoms with Crippen LogP contribution >= 0.6 is 0 Å². The van der Waals surface area contributed by atoms with Gasteiger partial charge in [-0.3, -0.25) is 9.59 Å². The minimum atomic E-state index is -0.578. The van der Waals surface area contributed by atoms with E-state index in [1.165, 1.54) is 16.5 Å². The van der Waals surface area contributed by atoms with E-state index in [1.54, 1.807) is 6.07 Å². The zero-order chi connectivity index (χ0) is 22.4. The summed E-state index contributed by atoms with van der Waals surface area (Å²) in [6.07, 6.45) is 5.20. The number of ether oxygens (including phenoxy) is 1. The minimum Gasteiger partial charge on any atom is -0.515 e. The van der Waals surface area contributed by atoms with Crippen LogP contribution in [0.15, 0.2) is 54.3 Å². The van der Waals surface area contributed by atoms with Gasteiger partial charge in [0.15, 0.2) is 5.78 Å². The van der Waals surface area contributed by atoms with Crippen molar-refractivity contribution >= 4 is 17.9 Å². The summed E-state index contributed by atoms with van der Waals surface area (Å²) < 4.78 is 6.00. The molecule has 164 valence electrons. The molecule has 0 saturated heterocycles. The van der Waals surface area contributed by atoms with Crippen LogP contribution in [0.3, 0.4) is 0 Å². The number of rotatable bonds is 9. The first kappa shape index (κ1) is 22.4. The lowest BCUT2D eigenvalue weighted by Crippen LogP contribution is -2.42. The minimum absolute atomic E-state index is 0.00355. The molecule has 0 saturated carbocycles. The second kappa shape index (κ2) is 10.2. The number of aliphatic hydroxyl groups is 1. The van der Waals surface area contributed by atoms with Crippen molar-refractivity contribution in [2.24, 2.45) is 0 Å². The van der Waals surface area contributed by atoms with Crippen LogP contribution in [0.1, 0.15) is 55.5 Å². The summed E-state index contributed by atoms with van der Waals surface area (Å²) in [5.74, 6) is -0.348. The Labute approximate surface area is 182 Å². The first-order valence-corrected chi connectivity index (χ1v) is 10.7. The van der Waals surface area contributed by atoms with Crippen LogP contribution in [0.4, 0.5) is 5.69 Å². The Morgan fingerprint density at radius 1 is 1.23 bits per heavy atom. The van der Waals surface area contributed by atoms with E-state index >= 15 is 0 Å². The first-order valence-electron chi connectivity index (χ1n) is 10.7. The fourth-order valence-electron chi connectivity index (χ4n) is 4.08. The summed E-state index contributed by atoms with van der Waals surface area (Å²) in [5, 5.41) is 20.1. The van der Waals surface area contributed by atoms with Crippen molar-refractivity contribution in [1.82, 2.24) is 0 Å². The van der Waals surface area contributed by atoms with E-state index < -0.39 is 11.8 Å². The number of phenols is 1. The smallest absolute Gasteiger partial charge is 0.214 e. The van der Waals surface area contributed by atoms with Crippen LogP contribution in [0, 0.1) is 0 Å². The second-order valence-corrected chi connectivity index (χ2v) is 7.87. The van der Waals surface area contributed by atoms with Gasteiger partial charge in [-0.25, -0.2) is 0 Å². The summed E-state index contributed by atoms with van der Waals surface area (Å²) in [6, 6.07) is 12.7. The number of aryl methyl sites for hydroxylation is 1. The maximum Gasteiger partial charge on any atom is 0.214 e. The Morgan fingerprint density at radius 2 is 1.97 bits per heavy atom. The molecule has 6 heteroatoms. The number of fused-ring (bicyclic) bond motifs is 1. The summed E-state index contributed by atoms with van der Waals surface area (Å²) in [6.45, 7) is 3.89. The Morgan fingerprint density at radius 3 is 2.61 bits per heavy atom. The van der Waals surface area contributed by atoms with Gasteiger partial charge in [0.1, 0.15) is 11.5 Å². The van der Waals surface area contributed by atoms with Gasteiger partial charge in [-0.2, -0.15) is 0 Å². The average Bonchev–Trinajstić information content (AvgIpc) is 2.75. The van der Waals surface area contributed by atoms with E-state index in [2.05, 4.69) is 12.1 Å². The Hall–Kier alpha value is -3.28. The average molecular weight is 424 g/mol. The number of anilines is 1. The predicted molar refractivity (Wildman–Crippen MR) is 120 cm³/mol. The van der Waals surface area contributed by atoms with Gasteiger partial charge in [-0.1, -0.05) is 43.7 Å². The number of phenolic OH excluding ortho intramolecular Hbond substituents is 1. The number of Topliss-reactive ketones (excluding diaryl/α,β-unsaturated/α-hetero) is 1. The van der Waals surface area contributed by atoms with Crippen molar-refractivity contribution < 1.29 is 24.5 Å². The van der Waals surface area contributed by atoms with Crippen molar-refractivity contribution in [3.8, 4) is 11.5 Å². The van der Waals surface area contributed by atoms with Crippen molar-refractivity contribution in [3.63, 3.8) is 0 Å². The van der Waals surface area contributed by atoms with E-state index in [4.69, 9.17) is 4.74 Å². The number of benzene rings is 2. The quantitative estimate of drug-likeness (QED) is 0.338. The summed E-state index contributed by atoms with van der Waals surface area (Å²) >= 11 is 0. The molecule has 2 aromatic rings.